The van der Waals surface area contributed by atoms with E-state index in [1.807, 2.05) is 0 Å². The first-order valence-corrected chi connectivity index (χ1v) is 21.5. The Bertz CT molecular complexity index is 738. The van der Waals surface area contributed by atoms with Crippen LogP contribution < -0.4 is 14.8 Å². The second kappa shape index (κ2) is 14.7. The second-order valence-corrected chi connectivity index (χ2v) is 24.0. The molecule has 0 aliphatic heterocycles. The Morgan fingerprint density at radius 2 is 1.59 bits per heavy atom. The van der Waals surface area contributed by atoms with Gasteiger partial charge in [0.15, 0.2) is 0 Å². The Morgan fingerprint density at radius 1 is 1.06 bits per heavy atom. The molecule has 1 heterocycles. The Labute approximate surface area is 213 Å². The van der Waals surface area contributed by atoms with Gasteiger partial charge in [0.05, 0.1) is 0 Å². The van der Waals surface area contributed by atoms with Crippen molar-refractivity contribution in [3.8, 4) is 0 Å². The zero-order valence-corrected chi connectivity index (χ0v) is 25.4. The summed E-state index contributed by atoms with van der Waals surface area (Å²) in [5.41, 5.74) is 8.49. The summed E-state index contributed by atoms with van der Waals surface area (Å²) in [5, 5.41) is 13.2. The molecule has 4 N–H and O–H groups in total. The Hall–Kier alpha value is -0.821. The fourth-order valence-corrected chi connectivity index (χ4v) is 21.2. The quantitative estimate of drug-likeness (QED) is 0.212. The van der Waals surface area contributed by atoms with Gasteiger partial charge in [0.25, 0.3) is 0 Å². The molecule has 194 valence electrons. The summed E-state index contributed by atoms with van der Waals surface area (Å²) >= 11 is -2.79. The van der Waals surface area contributed by atoms with Crippen molar-refractivity contribution in [1.82, 2.24) is 4.98 Å². The second-order valence-electron chi connectivity index (χ2n) is 11.0. The summed E-state index contributed by atoms with van der Waals surface area (Å²) in [4.78, 5) is 18.2. The van der Waals surface area contributed by atoms with Crippen molar-refractivity contribution in [1.29, 1.82) is 0 Å². The van der Waals surface area contributed by atoms with Crippen LogP contribution in [0, 0.1) is 5.92 Å². The normalized spacial score (nSPS) is 18.9. The van der Waals surface area contributed by atoms with Gasteiger partial charge in [0, 0.05) is 0 Å². The van der Waals surface area contributed by atoms with Crippen LogP contribution in [-0.2, 0) is 0 Å². The molecule has 1 aromatic heterocycles. The van der Waals surface area contributed by atoms with Crippen molar-refractivity contribution >= 4 is 33.7 Å². The molecule has 0 bridgehead atoms. The number of aliphatic hydroxyl groups is 1. The van der Waals surface area contributed by atoms with E-state index < -0.39 is 18.4 Å². The fraction of sp³-hybridized carbons (Fsp3) is 0.786. The van der Waals surface area contributed by atoms with E-state index in [1.165, 1.54) is 55.5 Å². The predicted octanol–water partition coefficient (Wildman–Crippen LogP) is 6.32. The van der Waals surface area contributed by atoms with E-state index in [1.54, 1.807) is 0 Å². The summed E-state index contributed by atoms with van der Waals surface area (Å²) in [6, 6.07) is 2.48. The van der Waals surface area contributed by atoms with E-state index in [0.29, 0.717) is 11.5 Å². The average molecular weight is 580 g/mol. The van der Waals surface area contributed by atoms with Crippen LogP contribution in [0.15, 0.2) is 6.07 Å². The molecular formula is C28H51N3O2Sn. The van der Waals surface area contributed by atoms with Gasteiger partial charge in [-0.1, -0.05) is 0 Å². The summed E-state index contributed by atoms with van der Waals surface area (Å²) in [6.45, 7) is 11.4. The number of carbonyl (C=O) groups excluding carboxylic acids is 1. The molecule has 1 aromatic rings. The molecule has 1 aliphatic rings. The molecule has 5 nitrogen and oxygen atoms in total. The number of aromatic nitrogens is 1. The van der Waals surface area contributed by atoms with Gasteiger partial charge < -0.3 is 0 Å². The monoisotopic (exact) mass is 581 g/mol. The molecule has 1 fully saturated rings. The van der Waals surface area contributed by atoms with Gasteiger partial charge >= 0.3 is 214 Å². The molecular weight excluding hydrogens is 529 g/mol. The zero-order valence-electron chi connectivity index (χ0n) is 22.6. The van der Waals surface area contributed by atoms with Crippen LogP contribution in [-0.4, -0.2) is 47.0 Å². The molecule has 1 aliphatic carbocycles. The molecule has 0 aromatic carbocycles. The number of rotatable bonds is 15. The summed E-state index contributed by atoms with van der Waals surface area (Å²) in [5.74, 6) is 0.269. The van der Waals surface area contributed by atoms with Crippen molar-refractivity contribution in [2.45, 2.75) is 124 Å². The first kappa shape index (κ1) is 29.4. The first-order chi connectivity index (χ1) is 16.3. The Morgan fingerprint density at radius 3 is 2.00 bits per heavy atom. The molecule has 6 heteroatoms. The molecule has 0 radical (unpaired) electrons. The maximum absolute atomic E-state index is 12.8. The van der Waals surface area contributed by atoms with Gasteiger partial charge in [-0.15, -0.1) is 0 Å². The van der Waals surface area contributed by atoms with Gasteiger partial charge in [-0.25, -0.2) is 0 Å². The van der Waals surface area contributed by atoms with E-state index in [-0.39, 0.29) is 24.5 Å². The van der Waals surface area contributed by atoms with Crippen molar-refractivity contribution in [2.24, 2.45) is 11.7 Å². The van der Waals surface area contributed by atoms with E-state index in [9.17, 15) is 9.90 Å². The maximum atomic E-state index is 12.8. The van der Waals surface area contributed by atoms with Crippen LogP contribution >= 0.6 is 0 Å². The number of unbranched alkanes of at least 4 members (excludes halogenated alkanes) is 3. The molecule has 1 saturated carbocycles. The van der Waals surface area contributed by atoms with Crippen LogP contribution in [0.5, 0.6) is 0 Å². The van der Waals surface area contributed by atoms with E-state index in [4.69, 9.17) is 10.7 Å². The van der Waals surface area contributed by atoms with Crippen molar-refractivity contribution in [3.63, 3.8) is 0 Å². The SMILES string of the molecule is CCC[CH2][Sn]([CH2]CCC)([CH2]CCC)[c]1cc(NC(C)C)c(C(N)=O)c(C2CCC(CO)CC2)n1. The number of amides is 1. The molecule has 0 unspecified atom stereocenters. The fourth-order valence-electron chi connectivity index (χ4n) is 5.74. The number of nitrogens with two attached hydrogens (primary N) is 1. The van der Waals surface area contributed by atoms with Crippen LogP contribution in [0.4, 0.5) is 5.69 Å². The van der Waals surface area contributed by atoms with Gasteiger partial charge in [-0.05, 0) is 0 Å². The number of hydrogen-bond acceptors (Lipinski definition) is 4. The van der Waals surface area contributed by atoms with Crippen LogP contribution in [0.1, 0.15) is 121 Å². The number of anilines is 1. The van der Waals surface area contributed by atoms with Crippen LogP contribution in [0.25, 0.3) is 0 Å². The van der Waals surface area contributed by atoms with E-state index >= 15 is 0 Å². The molecule has 0 atom stereocenters. The minimum absolute atomic E-state index is 0.220. The Balaban J connectivity index is 2.68. The zero-order chi connectivity index (χ0) is 25.1. The van der Waals surface area contributed by atoms with Crippen molar-refractivity contribution < 1.29 is 9.90 Å². The third-order valence-corrected chi connectivity index (χ3v) is 22.9. The van der Waals surface area contributed by atoms with E-state index in [2.05, 4.69) is 46.0 Å². The number of aliphatic hydroxyl groups excluding tert-OH is 1. The minimum atomic E-state index is -2.79. The first-order valence-electron chi connectivity index (χ1n) is 14.0. The topological polar surface area (TPSA) is 88.2 Å². The average Bonchev–Trinajstić information content (AvgIpc) is 2.82. The van der Waals surface area contributed by atoms with E-state index in [0.717, 1.165) is 37.1 Å². The number of nitrogens with zero attached hydrogens (tertiary/aromatic N) is 1. The van der Waals surface area contributed by atoms with Gasteiger partial charge in [-0.3, -0.25) is 0 Å². The molecule has 0 saturated heterocycles. The number of hydrogen-bond donors (Lipinski definition) is 3. The molecule has 34 heavy (non-hydrogen) atoms. The van der Waals surface area contributed by atoms with Crippen LogP contribution in [0.3, 0.4) is 0 Å². The summed E-state index contributed by atoms with van der Waals surface area (Å²) in [6.07, 6.45) is 11.5. The number of carbonyl (C=O) groups is 1. The number of pyridine rings is 1. The molecule has 2 rings (SSSR count). The summed E-state index contributed by atoms with van der Waals surface area (Å²) in [7, 11) is 0. The predicted molar refractivity (Wildman–Crippen MR) is 148 cm³/mol. The van der Waals surface area contributed by atoms with Gasteiger partial charge in [-0.2, -0.15) is 0 Å². The third-order valence-electron chi connectivity index (χ3n) is 7.80. The third kappa shape index (κ3) is 7.84. The van der Waals surface area contributed by atoms with Crippen molar-refractivity contribution in [3.05, 3.63) is 17.3 Å². The number of primary amides is 1. The summed E-state index contributed by atoms with van der Waals surface area (Å²) < 4.78 is 5.43. The standard InChI is InChI=1S/C16H24N3O2.3C4H9.Sn/c1-10(2)19-13-7-8-18-15(14(13)16(17)21)12-5-3-11(9-20)4-6-12;3*1-3-4-2;/h7,10-12,20H,3-6,9H2,1-2H3,(H2,17,21)(H,18,19);3*1,3-4H2,2H3;. The Kier molecular flexibility index (Phi) is 12.7. The molecule has 1 amide bonds. The molecule has 0 spiro atoms. The van der Waals surface area contributed by atoms with Gasteiger partial charge in [0.2, 0.25) is 0 Å². The van der Waals surface area contributed by atoms with Crippen molar-refractivity contribution in [2.75, 3.05) is 11.9 Å². The number of nitrogens with one attached hydrogen (secondary N) is 1. The van der Waals surface area contributed by atoms with Crippen LogP contribution in [0.2, 0.25) is 13.3 Å². The van der Waals surface area contributed by atoms with Gasteiger partial charge in [0.1, 0.15) is 0 Å².